The highest BCUT2D eigenvalue weighted by molar-refractivity contribution is 5.82. The van der Waals surface area contributed by atoms with Crippen molar-refractivity contribution >= 4 is 12.0 Å². The third-order valence-corrected chi connectivity index (χ3v) is 5.10. The molecule has 0 saturated carbocycles. The Balaban J connectivity index is 1.96. The first kappa shape index (κ1) is 25.9. The van der Waals surface area contributed by atoms with Crippen LogP contribution in [0.3, 0.4) is 0 Å². The van der Waals surface area contributed by atoms with Gasteiger partial charge in [-0.25, -0.2) is 4.79 Å². The Morgan fingerprint density at radius 3 is 2.53 bits per heavy atom. The molecule has 1 heterocycles. The highest BCUT2D eigenvalue weighted by Crippen LogP contribution is 2.32. The summed E-state index contributed by atoms with van der Waals surface area (Å²) in [6, 6.07) is 7.69. The van der Waals surface area contributed by atoms with Crippen molar-refractivity contribution in [1.29, 1.82) is 0 Å². The van der Waals surface area contributed by atoms with Crippen LogP contribution in [0.4, 0.5) is 4.79 Å². The van der Waals surface area contributed by atoms with Gasteiger partial charge in [0, 0.05) is 13.5 Å². The predicted molar refractivity (Wildman–Crippen MR) is 108 cm³/mol. The molecule has 32 heavy (non-hydrogen) atoms. The summed E-state index contributed by atoms with van der Waals surface area (Å²) in [5, 5.41) is 54.1. The first-order chi connectivity index (χ1) is 15.2. The lowest BCUT2D eigenvalue weighted by atomic mass is 9.88. The summed E-state index contributed by atoms with van der Waals surface area (Å²) in [5.74, 6) is -2.42. The van der Waals surface area contributed by atoms with Gasteiger partial charge in [0.2, 0.25) is 5.91 Å². The molecule has 6 atom stereocenters. The van der Waals surface area contributed by atoms with Crippen molar-refractivity contribution in [3.8, 4) is 0 Å². The minimum atomic E-state index is -1.73. The molecule has 0 radical (unpaired) electrons. The first-order valence-electron chi connectivity index (χ1n) is 9.98. The zero-order valence-corrected chi connectivity index (χ0v) is 17.6. The number of benzene rings is 1. The maximum Gasteiger partial charge on any atom is 0.407 e. The number of hydrogen-bond donors (Lipinski definition) is 7. The van der Waals surface area contributed by atoms with Gasteiger partial charge in [-0.15, -0.1) is 0 Å². The number of amides is 2. The second-order valence-electron chi connectivity index (χ2n) is 7.38. The van der Waals surface area contributed by atoms with E-state index in [2.05, 4.69) is 10.6 Å². The van der Waals surface area contributed by atoms with Crippen molar-refractivity contribution in [3.05, 3.63) is 35.9 Å². The molecule has 12 nitrogen and oxygen atoms in total. The Hall–Kier alpha value is -2.32. The van der Waals surface area contributed by atoms with Crippen molar-refractivity contribution in [3.63, 3.8) is 0 Å². The van der Waals surface area contributed by atoms with Crippen LogP contribution in [0.2, 0.25) is 0 Å². The van der Waals surface area contributed by atoms with Gasteiger partial charge in [-0.05, 0) is 5.56 Å². The smallest absolute Gasteiger partial charge is 0.407 e. The zero-order chi connectivity index (χ0) is 23.7. The van der Waals surface area contributed by atoms with Crippen molar-refractivity contribution in [1.82, 2.24) is 10.6 Å². The van der Waals surface area contributed by atoms with Crippen LogP contribution in [0.25, 0.3) is 0 Å². The summed E-state index contributed by atoms with van der Waals surface area (Å²) >= 11 is 0. The average Bonchev–Trinajstić information content (AvgIpc) is 2.82. The predicted octanol–water partition coefficient (Wildman–Crippen LogP) is -2.40. The van der Waals surface area contributed by atoms with Gasteiger partial charge in [-0.3, -0.25) is 4.79 Å². The van der Waals surface area contributed by atoms with Gasteiger partial charge in [-0.2, -0.15) is 0 Å². The van der Waals surface area contributed by atoms with Crippen LogP contribution in [0.5, 0.6) is 0 Å². The fraction of sp³-hybridized carbons (Fsp3) is 0.600. The summed E-state index contributed by atoms with van der Waals surface area (Å²) in [5.41, 5.74) is 0.763. The van der Waals surface area contributed by atoms with E-state index in [-0.39, 0.29) is 13.0 Å². The Morgan fingerprint density at radius 2 is 1.94 bits per heavy atom. The number of methoxy groups -OCH3 is 1. The lowest BCUT2D eigenvalue weighted by molar-refractivity contribution is -0.321. The molecule has 0 unspecified atom stereocenters. The van der Waals surface area contributed by atoms with Crippen LogP contribution in [0.1, 0.15) is 12.0 Å². The van der Waals surface area contributed by atoms with Gasteiger partial charge >= 0.3 is 6.09 Å². The number of rotatable bonds is 10. The van der Waals surface area contributed by atoms with Crippen molar-refractivity contribution in [2.45, 2.75) is 49.3 Å². The summed E-state index contributed by atoms with van der Waals surface area (Å²) in [6.07, 6.45) is -7.27. The second-order valence-corrected chi connectivity index (χ2v) is 7.38. The van der Waals surface area contributed by atoms with Gasteiger partial charge in [0.15, 0.2) is 5.79 Å². The second kappa shape index (κ2) is 12.1. The van der Waals surface area contributed by atoms with Gasteiger partial charge in [0.1, 0.15) is 31.5 Å². The van der Waals surface area contributed by atoms with Crippen LogP contribution in [-0.4, -0.2) is 101 Å². The fourth-order valence-electron chi connectivity index (χ4n) is 3.28. The lowest BCUT2D eigenvalue weighted by Crippen LogP contribution is -2.67. The maximum atomic E-state index is 12.3. The molecule has 1 aromatic rings. The Labute approximate surface area is 184 Å². The molecule has 0 bridgehead atoms. The lowest BCUT2D eigenvalue weighted by Gasteiger charge is -2.47. The number of hydrogen-bond acceptors (Lipinski definition) is 10. The van der Waals surface area contributed by atoms with Crippen LogP contribution in [-0.2, 0) is 25.6 Å². The van der Waals surface area contributed by atoms with Crippen LogP contribution in [0, 0.1) is 0 Å². The van der Waals surface area contributed by atoms with Gasteiger partial charge < -0.3 is 50.4 Å². The number of aliphatic hydroxyl groups is 5. The number of aliphatic hydroxyl groups excluding tert-OH is 5. The Kier molecular flexibility index (Phi) is 9.78. The van der Waals surface area contributed by atoms with E-state index in [1.165, 1.54) is 7.11 Å². The number of ether oxygens (including phenoxy) is 3. The Bertz CT molecular complexity index is 730. The molecule has 1 saturated heterocycles. The van der Waals surface area contributed by atoms with E-state index in [0.29, 0.717) is 0 Å². The zero-order valence-electron chi connectivity index (χ0n) is 17.6. The number of carbonyl (C=O) groups is 2. The molecular weight excluding hydrogens is 428 g/mol. The molecule has 1 aromatic carbocycles. The van der Waals surface area contributed by atoms with E-state index in [1.807, 2.05) is 6.07 Å². The van der Waals surface area contributed by atoms with E-state index >= 15 is 0 Å². The highest BCUT2D eigenvalue weighted by Gasteiger charge is 2.51. The molecule has 1 fully saturated rings. The van der Waals surface area contributed by atoms with Crippen molar-refractivity contribution in [2.24, 2.45) is 0 Å². The molecule has 2 amide bonds. The van der Waals surface area contributed by atoms with E-state index in [1.54, 1.807) is 24.3 Å². The van der Waals surface area contributed by atoms with Gasteiger partial charge in [0.25, 0.3) is 0 Å². The fourth-order valence-corrected chi connectivity index (χ4v) is 3.28. The number of carbonyl (C=O) groups excluding carboxylic acids is 2. The van der Waals surface area contributed by atoms with Crippen molar-refractivity contribution < 1.29 is 49.3 Å². The maximum absolute atomic E-state index is 12.3. The first-order valence-corrected chi connectivity index (χ1v) is 9.98. The Morgan fingerprint density at radius 1 is 1.25 bits per heavy atom. The van der Waals surface area contributed by atoms with E-state index < -0.39 is 68.0 Å². The third-order valence-electron chi connectivity index (χ3n) is 5.10. The average molecular weight is 458 g/mol. The normalized spacial score (nSPS) is 27.2. The molecule has 0 spiro atoms. The molecular formula is C20H30N2O10. The molecule has 180 valence electrons. The van der Waals surface area contributed by atoms with Crippen LogP contribution >= 0.6 is 0 Å². The summed E-state index contributed by atoms with van der Waals surface area (Å²) in [6.45, 7) is -1.98. The highest BCUT2D eigenvalue weighted by atomic mass is 16.7. The van der Waals surface area contributed by atoms with Crippen molar-refractivity contribution in [2.75, 3.05) is 26.9 Å². The molecule has 0 aromatic heterocycles. The number of nitrogens with one attached hydrogen (secondary N) is 2. The molecule has 0 aliphatic carbocycles. The summed E-state index contributed by atoms with van der Waals surface area (Å²) < 4.78 is 15.7. The molecule has 7 N–H and O–H groups in total. The minimum absolute atomic E-state index is 0.0110. The summed E-state index contributed by atoms with van der Waals surface area (Å²) in [7, 11) is 1.22. The SMILES string of the molecule is CO[C@@]1(CO)C[C@H](O)[C@@H](NC(=O)CNC(=O)OCc2ccccc2)[C@H]([C@H](O)[C@H](O)CO)O1. The van der Waals surface area contributed by atoms with Crippen LogP contribution in [0.15, 0.2) is 30.3 Å². The van der Waals surface area contributed by atoms with Crippen LogP contribution < -0.4 is 10.6 Å². The largest absolute Gasteiger partial charge is 0.445 e. The topological polar surface area (TPSA) is 187 Å². The molecule has 12 heteroatoms. The molecule has 1 aliphatic heterocycles. The summed E-state index contributed by atoms with van der Waals surface area (Å²) in [4.78, 5) is 24.1. The van der Waals surface area contributed by atoms with E-state index in [0.717, 1.165) is 5.56 Å². The van der Waals surface area contributed by atoms with E-state index in [4.69, 9.17) is 19.3 Å². The molecule has 2 rings (SSSR count). The van der Waals surface area contributed by atoms with Gasteiger partial charge in [0.05, 0.1) is 25.4 Å². The quantitative estimate of drug-likeness (QED) is 0.199. The monoisotopic (exact) mass is 458 g/mol. The van der Waals surface area contributed by atoms with Gasteiger partial charge in [-0.1, -0.05) is 30.3 Å². The third kappa shape index (κ3) is 6.84. The minimum Gasteiger partial charge on any atom is -0.445 e. The molecule has 1 aliphatic rings. The van der Waals surface area contributed by atoms with E-state index in [9.17, 15) is 30.0 Å². The standard InChI is InChI=1S/C20H30N2O10/c1-30-20(11-24)7-13(25)16(18(32-20)17(28)14(26)9-23)22-15(27)8-21-19(29)31-10-12-5-3-2-4-6-12/h2-6,13-14,16-18,23-26,28H,7-11H2,1H3,(H,21,29)(H,22,27)/t13-,14+,16+,17+,18+,20-/m0/s1. The number of alkyl carbamates (subject to hydrolysis) is 1.